The number of fused-ring (bicyclic) bond motifs is 1. The van der Waals surface area contributed by atoms with E-state index in [4.69, 9.17) is 9.47 Å². The molecule has 2 heterocycles. The summed E-state index contributed by atoms with van der Waals surface area (Å²) < 4.78 is 12.8. The van der Waals surface area contributed by atoms with Crippen LogP contribution in [0.2, 0.25) is 0 Å². The van der Waals surface area contributed by atoms with Gasteiger partial charge in [0.05, 0.1) is 13.2 Å². The Hall–Kier alpha value is -2.93. The first-order valence-corrected chi connectivity index (χ1v) is 8.02. The average Bonchev–Trinajstić information content (AvgIpc) is 3.05. The van der Waals surface area contributed by atoms with Gasteiger partial charge in [-0.05, 0) is 24.3 Å². The first-order chi connectivity index (χ1) is 12.2. The summed E-state index contributed by atoms with van der Waals surface area (Å²) in [6.07, 6.45) is 1.88. The first-order valence-electron chi connectivity index (χ1n) is 8.02. The molecule has 130 valence electrons. The molecule has 7 nitrogen and oxygen atoms in total. The van der Waals surface area contributed by atoms with E-state index in [9.17, 15) is 4.79 Å². The minimum absolute atomic E-state index is 0.00534. The largest absolute Gasteiger partial charge is 0.491 e. The van der Waals surface area contributed by atoms with Crippen LogP contribution in [0.5, 0.6) is 5.75 Å². The smallest absolute Gasteiger partial charge is 0.248 e. The molecule has 1 aromatic carbocycles. The van der Waals surface area contributed by atoms with Crippen molar-refractivity contribution in [2.24, 2.45) is 0 Å². The first kappa shape index (κ1) is 16.9. The van der Waals surface area contributed by atoms with E-state index < -0.39 is 0 Å². The van der Waals surface area contributed by atoms with Crippen LogP contribution >= 0.6 is 0 Å². The lowest BCUT2D eigenvalue weighted by atomic mass is 10.3. The summed E-state index contributed by atoms with van der Waals surface area (Å²) in [7, 11) is 1.72. The number of hydrogen-bond donors (Lipinski definition) is 0. The van der Waals surface area contributed by atoms with Gasteiger partial charge in [0.25, 0.3) is 0 Å². The van der Waals surface area contributed by atoms with Crippen molar-refractivity contribution in [3.63, 3.8) is 0 Å². The summed E-state index contributed by atoms with van der Waals surface area (Å²) in [6, 6.07) is 15.2. The molecule has 1 amide bonds. The van der Waals surface area contributed by atoms with Crippen molar-refractivity contribution < 1.29 is 14.3 Å². The van der Waals surface area contributed by atoms with E-state index in [2.05, 4.69) is 10.2 Å². The molecule has 0 aliphatic rings. The number of carbonyl (C=O) groups excluding carboxylic acids is 1. The minimum Gasteiger partial charge on any atom is -0.491 e. The van der Waals surface area contributed by atoms with Crippen molar-refractivity contribution in [3.8, 4) is 5.75 Å². The fourth-order valence-corrected chi connectivity index (χ4v) is 2.30. The van der Waals surface area contributed by atoms with Crippen LogP contribution in [0.15, 0.2) is 54.7 Å². The average molecular weight is 340 g/mol. The topological polar surface area (TPSA) is 69.0 Å². The number of para-hydroxylation sites is 1. The molecule has 2 aromatic heterocycles. The van der Waals surface area contributed by atoms with Gasteiger partial charge in [0, 0.05) is 13.2 Å². The molecule has 3 aromatic rings. The number of amides is 1. The lowest BCUT2D eigenvalue weighted by Crippen LogP contribution is -2.31. The molecule has 3 rings (SSSR count). The Morgan fingerprint density at radius 2 is 1.88 bits per heavy atom. The molecule has 0 radical (unpaired) electrons. The summed E-state index contributed by atoms with van der Waals surface area (Å²) in [5.41, 5.74) is 0.757. The van der Waals surface area contributed by atoms with Gasteiger partial charge in [-0.25, -0.2) is 0 Å². The molecule has 0 unspecified atom stereocenters. The quantitative estimate of drug-likeness (QED) is 0.585. The second-order valence-corrected chi connectivity index (χ2v) is 5.51. The summed E-state index contributed by atoms with van der Waals surface area (Å²) in [5, 5.41) is 8.19. The van der Waals surface area contributed by atoms with Crippen LogP contribution in [0.4, 0.5) is 0 Å². The van der Waals surface area contributed by atoms with Crippen LogP contribution in [0.1, 0.15) is 5.82 Å². The van der Waals surface area contributed by atoms with Crippen molar-refractivity contribution in [2.75, 3.05) is 26.9 Å². The highest BCUT2D eigenvalue weighted by Crippen LogP contribution is 2.08. The third-order valence-corrected chi connectivity index (χ3v) is 3.65. The van der Waals surface area contributed by atoms with Gasteiger partial charge >= 0.3 is 0 Å². The second kappa shape index (κ2) is 8.25. The number of pyridine rings is 1. The zero-order valence-corrected chi connectivity index (χ0v) is 14.0. The number of rotatable bonds is 8. The lowest BCUT2D eigenvalue weighted by Gasteiger charge is -2.16. The maximum Gasteiger partial charge on any atom is 0.248 e. The third kappa shape index (κ3) is 4.54. The zero-order valence-electron chi connectivity index (χ0n) is 14.0. The Balaban J connectivity index is 1.40. The lowest BCUT2D eigenvalue weighted by molar-refractivity contribution is -0.135. The Morgan fingerprint density at radius 1 is 1.08 bits per heavy atom. The summed E-state index contributed by atoms with van der Waals surface area (Å²) in [6.45, 7) is 1.12. The summed E-state index contributed by atoms with van der Waals surface area (Å²) in [5.74, 6) is 1.37. The van der Waals surface area contributed by atoms with Crippen LogP contribution in [-0.4, -0.2) is 52.3 Å². The van der Waals surface area contributed by atoms with Crippen LogP contribution in [0.3, 0.4) is 0 Å². The van der Waals surface area contributed by atoms with Crippen molar-refractivity contribution in [1.29, 1.82) is 0 Å². The fraction of sp³-hybridized carbons (Fsp3) is 0.278. The third-order valence-electron chi connectivity index (χ3n) is 3.65. The molecule has 0 N–H and O–H groups in total. The standard InChI is InChI=1S/C18H20N4O3/c1-21(13-17-20-19-16-9-5-6-10-22(16)17)18(23)14-24-11-12-25-15-7-3-2-4-8-15/h2-10H,11-14H2,1H3. The van der Waals surface area contributed by atoms with E-state index in [1.165, 1.54) is 0 Å². The van der Waals surface area contributed by atoms with E-state index in [-0.39, 0.29) is 12.5 Å². The SMILES string of the molecule is CN(Cc1nnc2ccccn12)C(=O)COCCOc1ccccc1. The van der Waals surface area contributed by atoms with E-state index in [0.29, 0.717) is 25.6 Å². The van der Waals surface area contributed by atoms with Gasteiger partial charge in [-0.1, -0.05) is 24.3 Å². The predicted octanol–water partition coefficient (Wildman–Crippen LogP) is 1.78. The number of nitrogens with zero attached hydrogens (tertiary/aromatic N) is 4. The molecule has 0 saturated heterocycles. The predicted molar refractivity (Wildman–Crippen MR) is 92.2 cm³/mol. The van der Waals surface area contributed by atoms with E-state index >= 15 is 0 Å². The molecule has 0 aliphatic heterocycles. The van der Waals surface area contributed by atoms with E-state index in [1.807, 2.05) is 59.1 Å². The number of ether oxygens (including phenoxy) is 2. The Labute approximate surface area is 145 Å². The van der Waals surface area contributed by atoms with Crippen LogP contribution < -0.4 is 4.74 Å². The van der Waals surface area contributed by atoms with Gasteiger partial charge in [0.1, 0.15) is 19.0 Å². The number of likely N-dealkylation sites (N-methyl/N-ethyl adjacent to an activating group) is 1. The number of benzene rings is 1. The monoisotopic (exact) mass is 340 g/mol. The van der Waals surface area contributed by atoms with Crippen LogP contribution in [-0.2, 0) is 16.1 Å². The molecule has 0 spiro atoms. The molecule has 7 heteroatoms. The molecule has 0 bridgehead atoms. The fourth-order valence-electron chi connectivity index (χ4n) is 2.30. The highest BCUT2D eigenvalue weighted by Gasteiger charge is 2.13. The maximum atomic E-state index is 12.1. The van der Waals surface area contributed by atoms with Gasteiger partial charge in [0.2, 0.25) is 5.91 Å². The maximum absolute atomic E-state index is 12.1. The molecule has 0 fully saturated rings. The number of carbonyl (C=O) groups is 1. The van der Waals surface area contributed by atoms with E-state index in [1.54, 1.807) is 11.9 Å². The molecule has 0 saturated carbocycles. The van der Waals surface area contributed by atoms with Crippen molar-refractivity contribution in [2.45, 2.75) is 6.54 Å². The molecular weight excluding hydrogens is 320 g/mol. The Morgan fingerprint density at radius 3 is 2.72 bits per heavy atom. The van der Waals surface area contributed by atoms with Crippen molar-refractivity contribution in [1.82, 2.24) is 19.5 Å². The van der Waals surface area contributed by atoms with Gasteiger partial charge < -0.3 is 14.4 Å². The van der Waals surface area contributed by atoms with Crippen molar-refractivity contribution >= 4 is 11.6 Å². The highest BCUT2D eigenvalue weighted by atomic mass is 16.5. The van der Waals surface area contributed by atoms with Gasteiger partial charge in [0.15, 0.2) is 11.5 Å². The second-order valence-electron chi connectivity index (χ2n) is 5.51. The Kier molecular flexibility index (Phi) is 5.58. The normalized spacial score (nSPS) is 10.8. The highest BCUT2D eigenvalue weighted by molar-refractivity contribution is 5.77. The van der Waals surface area contributed by atoms with Crippen molar-refractivity contribution in [3.05, 3.63) is 60.6 Å². The molecule has 25 heavy (non-hydrogen) atoms. The van der Waals surface area contributed by atoms with Gasteiger partial charge in [-0.15, -0.1) is 10.2 Å². The summed E-state index contributed by atoms with van der Waals surface area (Å²) in [4.78, 5) is 13.7. The molecule has 0 atom stereocenters. The summed E-state index contributed by atoms with van der Waals surface area (Å²) >= 11 is 0. The molecule has 0 aliphatic carbocycles. The van der Waals surface area contributed by atoms with Crippen LogP contribution in [0, 0.1) is 0 Å². The number of aromatic nitrogens is 3. The minimum atomic E-state index is -0.118. The van der Waals surface area contributed by atoms with Gasteiger partial charge in [-0.2, -0.15) is 0 Å². The molecular formula is C18H20N4O3. The zero-order chi connectivity index (χ0) is 17.5. The van der Waals surface area contributed by atoms with Gasteiger partial charge in [-0.3, -0.25) is 9.20 Å². The van der Waals surface area contributed by atoms with E-state index in [0.717, 1.165) is 11.4 Å². The Bertz CT molecular complexity index is 819. The van der Waals surface area contributed by atoms with Crippen LogP contribution in [0.25, 0.3) is 5.65 Å². The number of hydrogen-bond acceptors (Lipinski definition) is 5.